The zero-order valence-electron chi connectivity index (χ0n) is 16.5. The molecule has 0 spiro atoms. The average molecular weight is 407 g/mol. The molecule has 0 saturated carbocycles. The van der Waals surface area contributed by atoms with Crippen molar-refractivity contribution < 1.29 is 23.5 Å². The molecule has 1 amide bonds. The molecule has 1 atom stereocenters. The minimum atomic E-state index is -0.912. The molecule has 0 fully saturated rings. The van der Waals surface area contributed by atoms with Gasteiger partial charge in [-0.05, 0) is 29.7 Å². The SMILES string of the molecule is COc1ccc(C(=O)OCC(=O)N[C@@H](Cc2ccccc2)c2ccccc2)c(F)c1. The van der Waals surface area contributed by atoms with E-state index in [0.717, 1.165) is 17.2 Å². The Morgan fingerprint density at radius 1 is 0.967 bits per heavy atom. The standard InChI is InChI=1S/C24H22FNO4/c1-29-19-12-13-20(21(25)15-19)24(28)30-16-23(27)26-22(18-10-6-3-7-11-18)14-17-8-4-2-5-9-17/h2-13,15,22H,14,16H2,1H3,(H,26,27)/t22-/m0/s1. The molecule has 30 heavy (non-hydrogen) atoms. The Morgan fingerprint density at radius 3 is 2.27 bits per heavy atom. The van der Waals surface area contributed by atoms with E-state index in [-0.39, 0.29) is 17.4 Å². The molecule has 3 aromatic carbocycles. The first-order chi connectivity index (χ1) is 14.6. The third kappa shape index (κ3) is 5.67. The summed E-state index contributed by atoms with van der Waals surface area (Å²) in [5, 5.41) is 2.89. The number of benzene rings is 3. The monoisotopic (exact) mass is 407 g/mol. The molecule has 0 aliphatic heterocycles. The summed E-state index contributed by atoms with van der Waals surface area (Å²) in [6, 6.07) is 22.8. The van der Waals surface area contributed by atoms with Gasteiger partial charge in [0.05, 0.1) is 18.7 Å². The Bertz CT molecular complexity index is 993. The number of amides is 1. The van der Waals surface area contributed by atoms with Crippen LogP contribution in [0.15, 0.2) is 78.9 Å². The summed E-state index contributed by atoms with van der Waals surface area (Å²) in [7, 11) is 1.40. The van der Waals surface area contributed by atoms with Gasteiger partial charge >= 0.3 is 5.97 Å². The van der Waals surface area contributed by atoms with Gasteiger partial charge in [0, 0.05) is 6.07 Å². The molecular formula is C24H22FNO4. The number of carbonyl (C=O) groups is 2. The molecule has 0 saturated heterocycles. The third-order valence-corrected chi connectivity index (χ3v) is 4.55. The van der Waals surface area contributed by atoms with E-state index in [1.165, 1.54) is 19.2 Å². The van der Waals surface area contributed by atoms with Crippen LogP contribution in [0.3, 0.4) is 0 Å². The molecule has 5 nitrogen and oxygen atoms in total. The largest absolute Gasteiger partial charge is 0.497 e. The van der Waals surface area contributed by atoms with E-state index in [2.05, 4.69) is 5.32 Å². The average Bonchev–Trinajstić information content (AvgIpc) is 2.78. The number of esters is 1. The maximum Gasteiger partial charge on any atom is 0.341 e. The molecule has 0 aliphatic carbocycles. The van der Waals surface area contributed by atoms with E-state index >= 15 is 0 Å². The molecular weight excluding hydrogens is 385 g/mol. The molecule has 3 rings (SSSR count). The number of rotatable bonds is 8. The summed E-state index contributed by atoms with van der Waals surface area (Å²) in [5.74, 6) is -1.87. The number of methoxy groups -OCH3 is 1. The van der Waals surface area contributed by atoms with Crippen molar-refractivity contribution in [2.45, 2.75) is 12.5 Å². The van der Waals surface area contributed by atoms with Gasteiger partial charge in [-0.2, -0.15) is 0 Å². The van der Waals surface area contributed by atoms with Crippen molar-refractivity contribution in [3.05, 3.63) is 101 Å². The lowest BCUT2D eigenvalue weighted by Gasteiger charge is -2.19. The highest BCUT2D eigenvalue weighted by atomic mass is 19.1. The fraction of sp³-hybridized carbons (Fsp3) is 0.167. The van der Waals surface area contributed by atoms with Crippen LogP contribution >= 0.6 is 0 Å². The summed E-state index contributed by atoms with van der Waals surface area (Å²) in [4.78, 5) is 24.6. The number of halogens is 1. The lowest BCUT2D eigenvalue weighted by molar-refractivity contribution is -0.125. The lowest BCUT2D eigenvalue weighted by Crippen LogP contribution is -2.33. The number of nitrogens with one attached hydrogen (secondary N) is 1. The zero-order valence-corrected chi connectivity index (χ0v) is 16.5. The predicted octanol–water partition coefficient (Wildman–Crippen LogP) is 4.09. The first-order valence-corrected chi connectivity index (χ1v) is 9.45. The Hall–Kier alpha value is -3.67. The van der Waals surface area contributed by atoms with Crippen LogP contribution in [0.2, 0.25) is 0 Å². The van der Waals surface area contributed by atoms with Gasteiger partial charge in [-0.3, -0.25) is 4.79 Å². The van der Waals surface area contributed by atoms with Gasteiger partial charge in [-0.1, -0.05) is 60.7 Å². The number of hydrogen-bond acceptors (Lipinski definition) is 4. The lowest BCUT2D eigenvalue weighted by atomic mass is 9.99. The Morgan fingerprint density at radius 2 is 1.63 bits per heavy atom. The fourth-order valence-electron chi connectivity index (χ4n) is 3.02. The summed E-state index contributed by atoms with van der Waals surface area (Å²) >= 11 is 0. The Labute approximate surface area is 174 Å². The Balaban J connectivity index is 1.63. The predicted molar refractivity (Wildman–Crippen MR) is 111 cm³/mol. The number of ether oxygens (including phenoxy) is 2. The maximum absolute atomic E-state index is 14.0. The van der Waals surface area contributed by atoms with Crippen LogP contribution in [0.1, 0.15) is 27.5 Å². The van der Waals surface area contributed by atoms with E-state index in [1.807, 2.05) is 60.7 Å². The molecule has 0 aliphatic rings. The highest BCUT2D eigenvalue weighted by Gasteiger charge is 2.19. The van der Waals surface area contributed by atoms with Crippen molar-refractivity contribution >= 4 is 11.9 Å². The van der Waals surface area contributed by atoms with Gasteiger partial charge < -0.3 is 14.8 Å². The normalized spacial score (nSPS) is 11.4. The van der Waals surface area contributed by atoms with Crippen molar-refractivity contribution in [2.24, 2.45) is 0 Å². The molecule has 0 bridgehead atoms. The van der Waals surface area contributed by atoms with Gasteiger partial charge in [0.15, 0.2) is 6.61 Å². The molecule has 6 heteroatoms. The highest BCUT2D eigenvalue weighted by molar-refractivity contribution is 5.91. The van der Waals surface area contributed by atoms with Crippen molar-refractivity contribution in [2.75, 3.05) is 13.7 Å². The summed E-state index contributed by atoms with van der Waals surface area (Å²) in [6.45, 7) is -0.511. The quantitative estimate of drug-likeness (QED) is 0.571. The van der Waals surface area contributed by atoms with E-state index in [1.54, 1.807) is 0 Å². The second-order valence-electron chi connectivity index (χ2n) is 6.64. The molecule has 0 aromatic heterocycles. The number of carbonyl (C=O) groups excluding carboxylic acids is 2. The Kier molecular flexibility index (Phi) is 7.16. The van der Waals surface area contributed by atoms with E-state index in [4.69, 9.17) is 9.47 Å². The minimum absolute atomic E-state index is 0.257. The van der Waals surface area contributed by atoms with Crippen LogP contribution in [-0.2, 0) is 16.0 Å². The zero-order chi connectivity index (χ0) is 21.3. The molecule has 3 aromatic rings. The van der Waals surface area contributed by atoms with Gasteiger partial charge in [-0.25, -0.2) is 9.18 Å². The summed E-state index contributed by atoms with van der Waals surface area (Å²) in [5.41, 5.74) is 1.73. The van der Waals surface area contributed by atoms with E-state index < -0.39 is 24.3 Å². The first-order valence-electron chi connectivity index (χ1n) is 9.45. The van der Waals surface area contributed by atoms with Crippen molar-refractivity contribution in [3.8, 4) is 5.75 Å². The maximum atomic E-state index is 14.0. The summed E-state index contributed by atoms with van der Waals surface area (Å²) < 4.78 is 23.9. The molecule has 0 heterocycles. The van der Waals surface area contributed by atoms with Crippen molar-refractivity contribution in [1.82, 2.24) is 5.32 Å². The highest BCUT2D eigenvalue weighted by Crippen LogP contribution is 2.19. The van der Waals surface area contributed by atoms with Crippen LogP contribution < -0.4 is 10.1 Å². The molecule has 0 unspecified atom stereocenters. The van der Waals surface area contributed by atoms with Gasteiger partial charge in [-0.15, -0.1) is 0 Å². The number of hydrogen-bond donors (Lipinski definition) is 1. The van der Waals surface area contributed by atoms with E-state index in [9.17, 15) is 14.0 Å². The van der Waals surface area contributed by atoms with Gasteiger partial charge in [0.25, 0.3) is 5.91 Å². The van der Waals surface area contributed by atoms with Gasteiger partial charge in [0.1, 0.15) is 11.6 Å². The molecule has 1 N–H and O–H groups in total. The van der Waals surface area contributed by atoms with Crippen molar-refractivity contribution in [1.29, 1.82) is 0 Å². The minimum Gasteiger partial charge on any atom is -0.497 e. The molecule has 154 valence electrons. The second kappa shape index (κ2) is 10.2. The van der Waals surface area contributed by atoms with Crippen LogP contribution in [0, 0.1) is 5.82 Å². The van der Waals surface area contributed by atoms with Crippen LogP contribution in [0.4, 0.5) is 4.39 Å². The van der Waals surface area contributed by atoms with Crippen LogP contribution in [-0.4, -0.2) is 25.6 Å². The van der Waals surface area contributed by atoms with Gasteiger partial charge in [0.2, 0.25) is 0 Å². The van der Waals surface area contributed by atoms with Crippen molar-refractivity contribution in [3.63, 3.8) is 0 Å². The fourth-order valence-corrected chi connectivity index (χ4v) is 3.02. The smallest absolute Gasteiger partial charge is 0.341 e. The van der Waals surface area contributed by atoms with E-state index in [0.29, 0.717) is 6.42 Å². The van der Waals surface area contributed by atoms with Crippen LogP contribution in [0.25, 0.3) is 0 Å². The van der Waals surface area contributed by atoms with Crippen LogP contribution in [0.5, 0.6) is 5.75 Å². The second-order valence-corrected chi connectivity index (χ2v) is 6.64. The third-order valence-electron chi connectivity index (χ3n) is 4.55. The first kappa shape index (κ1) is 21.0. The topological polar surface area (TPSA) is 64.6 Å². The summed E-state index contributed by atoms with van der Waals surface area (Å²) in [6.07, 6.45) is 0.581. The molecule has 0 radical (unpaired) electrons.